The number of fused-ring (bicyclic) bond motifs is 2. The molecular weight excluding hydrogens is 270 g/mol. The number of nitrogens with one attached hydrogen (secondary N) is 1. The Kier molecular flexibility index (Phi) is 4.43. The number of hydrogen-bond acceptors (Lipinski definition) is 4. The highest BCUT2D eigenvalue weighted by molar-refractivity contribution is 7.17. The highest BCUT2D eigenvalue weighted by atomic mass is 32.1. The van der Waals surface area contributed by atoms with Gasteiger partial charge in [0.05, 0.1) is 13.2 Å². The summed E-state index contributed by atoms with van der Waals surface area (Å²) < 4.78 is 12.8. The predicted octanol–water partition coefficient (Wildman–Crippen LogP) is 3.60. The molecule has 0 spiro atoms. The molecular formula is C16H21NO2S. The van der Waals surface area contributed by atoms with Crippen molar-refractivity contribution in [2.45, 2.75) is 26.2 Å². The molecule has 0 saturated carbocycles. The van der Waals surface area contributed by atoms with Gasteiger partial charge in [-0.05, 0) is 48.3 Å². The molecule has 1 aromatic carbocycles. The SMILES string of the molecule is CCCNCCc1csc2cc3c(cc12)OCCCO3. The van der Waals surface area contributed by atoms with Crippen LogP contribution < -0.4 is 14.8 Å². The van der Waals surface area contributed by atoms with E-state index in [1.807, 2.05) is 0 Å². The first kappa shape index (κ1) is 13.7. The molecule has 2 aromatic rings. The Morgan fingerprint density at radius 1 is 1.15 bits per heavy atom. The molecule has 3 rings (SSSR count). The molecule has 0 radical (unpaired) electrons. The van der Waals surface area contributed by atoms with Crippen LogP contribution in [-0.4, -0.2) is 26.3 Å². The fourth-order valence-electron chi connectivity index (χ4n) is 2.46. The summed E-state index contributed by atoms with van der Waals surface area (Å²) in [4.78, 5) is 0. The summed E-state index contributed by atoms with van der Waals surface area (Å²) in [6.07, 6.45) is 3.21. The molecule has 4 heteroatoms. The summed E-state index contributed by atoms with van der Waals surface area (Å²) in [6, 6.07) is 4.28. The van der Waals surface area contributed by atoms with Crippen molar-refractivity contribution in [2.75, 3.05) is 26.3 Å². The fraction of sp³-hybridized carbons (Fsp3) is 0.500. The number of thiophene rings is 1. The van der Waals surface area contributed by atoms with Gasteiger partial charge in [0, 0.05) is 17.2 Å². The maximum absolute atomic E-state index is 5.79. The van der Waals surface area contributed by atoms with Crippen LogP contribution in [-0.2, 0) is 6.42 Å². The summed E-state index contributed by atoms with van der Waals surface area (Å²) in [6.45, 7) is 5.82. The molecule has 0 unspecified atom stereocenters. The quantitative estimate of drug-likeness (QED) is 0.854. The van der Waals surface area contributed by atoms with Crippen LogP contribution >= 0.6 is 11.3 Å². The zero-order valence-corrected chi connectivity index (χ0v) is 12.7. The molecule has 1 N–H and O–H groups in total. The predicted molar refractivity (Wildman–Crippen MR) is 84.3 cm³/mol. The van der Waals surface area contributed by atoms with E-state index in [2.05, 4.69) is 29.8 Å². The van der Waals surface area contributed by atoms with Crippen LogP contribution in [0, 0.1) is 0 Å². The van der Waals surface area contributed by atoms with E-state index in [1.165, 1.54) is 22.1 Å². The van der Waals surface area contributed by atoms with Crippen molar-refractivity contribution < 1.29 is 9.47 Å². The normalized spacial score (nSPS) is 14.4. The average Bonchev–Trinajstić information content (AvgIpc) is 2.70. The van der Waals surface area contributed by atoms with E-state index in [0.717, 1.165) is 50.6 Å². The average molecular weight is 291 g/mol. The van der Waals surface area contributed by atoms with E-state index in [9.17, 15) is 0 Å². The van der Waals surface area contributed by atoms with E-state index in [4.69, 9.17) is 9.47 Å². The van der Waals surface area contributed by atoms with Crippen LogP contribution in [0.4, 0.5) is 0 Å². The molecule has 0 bridgehead atoms. The van der Waals surface area contributed by atoms with Crippen molar-refractivity contribution in [3.63, 3.8) is 0 Å². The Bertz CT molecular complexity index is 579. The Hall–Kier alpha value is -1.26. The van der Waals surface area contributed by atoms with Gasteiger partial charge in [-0.3, -0.25) is 0 Å². The van der Waals surface area contributed by atoms with Crippen LogP contribution in [0.1, 0.15) is 25.3 Å². The largest absolute Gasteiger partial charge is 0.490 e. The van der Waals surface area contributed by atoms with Crippen molar-refractivity contribution in [1.82, 2.24) is 5.32 Å². The Morgan fingerprint density at radius 2 is 1.95 bits per heavy atom. The van der Waals surface area contributed by atoms with Crippen LogP contribution in [0.3, 0.4) is 0 Å². The smallest absolute Gasteiger partial charge is 0.162 e. The van der Waals surface area contributed by atoms with E-state index >= 15 is 0 Å². The number of rotatable bonds is 5. The molecule has 20 heavy (non-hydrogen) atoms. The summed E-state index contributed by atoms with van der Waals surface area (Å²) in [5.41, 5.74) is 1.41. The van der Waals surface area contributed by atoms with Crippen LogP contribution in [0.25, 0.3) is 10.1 Å². The standard InChI is InChI=1S/C16H21NO2S/c1-2-5-17-6-4-12-11-20-16-10-15-14(9-13(12)16)18-7-3-8-19-15/h9-11,17H,2-8H2,1H3. The zero-order chi connectivity index (χ0) is 13.8. The molecule has 0 saturated heterocycles. The van der Waals surface area contributed by atoms with Gasteiger partial charge in [-0.25, -0.2) is 0 Å². The van der Waals surface area contributed by atoms with Gasteiger partial charge in [0.25, 0.3) is 0 Å². The lowest BCUT2D eigenvalue weighted by Gasteiger charge is -2.08. The highest BCUT2D eigenvalue weighted by Crippen LogP contribution is 2.38. The minimum atomic E-state index is 0.746. The topological polar surface area (TPSA) is 30.5 Å². The lowest BCUT2D eigenvalue weighted by molar-refractivity contribution is 0.297. The van der Waals surface area contributed by atoms with Gasteiger partial charge >= 0.3 is 0 Å². The second kappa shape index (κ2) is 6.46. The maximum Gasteiger partial charge on any atom is 0.162 e. The third-order valence-electron chi connectivity index (χ3n) is 3.52. The van der Waals surface area contributed by atoms with Gasteiger partial charge < -0.3 is 14.8 Å². The van der Waals surface area contributed by atoms with Crippen LogP contribution in [0.2, 0.25) is 0 Å². The molecule has 108 valence electrons. The van der Waals surface area contributed by atoms with E-state index in [0.29, 0.717) is 0 Å². The van der Waals surface area contributed by atoms with Crippen molar-refractivity contribution in [3.8, 4) is 11.5 Å². The third-order valence-corrected chi connectivity index (χ3v) is 4.52. The zero-order valence-electron chi connectivity index (χ0n) is 11.9. The molecule has 1 aliphatic heterocycles. The Labute approximate surface area is 123 Å². The first-order valence-electron chi connectivity index (χ1n) is 7.39. The van der Waals surface area contributed by atoms with Gasteiger partial charge in [-0.2, -0.15) is 0 Å². The van der Waals surface area contributed by atoms with E-state index in [-0.39, 0.29) is 0 Å². The second-order valence-electron chi connectivity index (χ2n) is 5.11. The maximum atomic E-state index is 5.79. The minimum absolute atomic E-state index is 0.746. The molecule has 1 aromatic heterocycles. The first-order valence-corrected chi connectivity index (χ1v) is 8.27. The second-order valence-corrected chi connectivity index (χ2v) is 6.02. The van der Waals surface area contributed by atoms with Crippen molar-refractivity contribution in [3.05, 3.63) is 23.1 Å². The number of hydrogen-bond donors (Lipinski definition) is 1. The van der Waals surface area contributed by atoms with E-state index in [1.54, 1.807) is 11.3 Å². The summed E-state index contributed by atoms with van der Waals surface area (Å²) in [5.74, 6) is 1.80. The molecule has 3 nitrogen and oxygen atoms in total. The molecule has 0 amide bonds. The number of ether oxygens (including phenoxy) is 2. The van der Waals surface area contributed by atoms with Crippen molar-refractivity contribution in [2.24, 2.45) is 0 Å². The fourth-order valence-corrected chi connectivity index (χ4v) is 3.46. The molecule has 0 fully saturated rings. The third kappa shape index (κ3) is 2.91. The van der Waals surface area contributed by atoms with Gasteiger partial charge in [-0.1, -0.05) is 6.92 Å². The van der Waals surface area contributed by atoms with Crippen LogP contribution in [0.5, 0.6) is 11.5 Å². The highest BCUT2D eigenvalue weighted by Gasteiger charge is 2.14. The van der Waals surface area contributed by atoms with Gasteiger partial charge in [0.1, 0.15) is 0 Å². The monoisotopic (exact) mass is 291 g/mol. The number of benzene rings is 1. The van der Waals surface area contributed by atoms with Gasteiger partial charge in [0.2, 0.25) is 0 Å². The molecule has 2 heterocycles. The van der Waals surface area contributed by atoms with Gasteiger partial charge in [-0.15, -0.1) is 11.3 Å². The van der Waals surface area contributed by atoms with Crippen molar-refractivity contribution >= 4 is 21.4 Å². The summed E-state index contributed by atoms with van der Waals surface area (Å²) in [5, 5.41) is 7.04. The van der Waals surface area contributed by atoms with E-state index < -0.39 is 0 Å². The summed E-state index contributed by atoms with van der Waals surface area (Å²) in [7, 11) is 0. The van der Waals surface area contributed by atoms with Crippen LogP contribution in [0.15, 0.2) is 17.5 Å². The Balaban J connectivity index is 1.82. The minimum Gasteiger partial charge on any atom is -0.490 e. The lowest BCUT2D eigenvalue weighted by atomic mass is 10.1. The van der Waals surface area contributed by atoms with Crippen molar-refractivity contribution in [1.29, 1.82) is 0 Å². The molecule has 0 aliphatic carbocycles. The lowest BCUT2D eigenvalue weighted by Crippen LogP contribution is -2.17. The first-order chi connectivity index (χ1) is 9.88. The Morgan fingerprint density at radius 3 is 2.75 bits per heavy atom. The molecule has 1 aliphatic rings. The molecule has 0 atom stereocenters. The van der Waals surface area contributed by atoms with Gasteiger partial charge in [0.15, 0.2) is 11.5 Å². The summed E-state index contributed by atoms with van der Waals surface area (Å²) >= 11 is 1.79.